The van der Waals surface area contributed by atoms with Crippen LogP contribution in [0, 0.1) is 18.7 Å². The molecule has 0 amide bonds. The van der Waals surface area contributed by atoms with Gasteiger partial charge in [-0.05, 0) is 37.6 Å². The molecule has 0 unspecified atom stereocenters. The first kappa shape index (κ1) is 24.5. The minimum atomic E-state index is -1.59. The van der Waals surface area contributed by atoms with E-state index in [4.69, 9.17) is 14.9 Å². The number of nitrogens with one attached hydrogen (secondary N) is 1. The number of halogens is 3. The third-order valence-corrected chi connectivity index (χ3v) is 8.06. The molecule has 13 heteroatoms. The van der Waals surface area contributed by atoms with Crippen LogP contribution in [0.4, 0.5) is 24.7 Å². The molecule has 4 aromatic rings. The number of fused-ring (bicyclic) bond motifs is 2. The van der Waals surface area contributed by atoms with E-state index >= 15 is 4.39 Å². The van der Waals surface area contributed by atoms with E-state index in [-0.39, 0.29) is 23.2 Å². The Morgan fingerprint density at radius 2 is 2.08 bits per heavy atom. The van der Waals surface area contributed by atoms with Gasteiger partial charge in [0.2, 0.25) is 11.8 Å². The molecular formula is C25H22F3N7O2S. The molecule has 0 radical (unpaired) electrons. The molecule has 196 valence electrons. The van der Waals surface area contributed by atoms with Crippen LogP contribution in [-0.2, 0) is 12.1 Å². The maximum absolute atomic E-state index is 15.1. The molecule has 0 bridgehead atoms. The number of pyridine rings is 1. The lowest BCUT2D eigenvalue weighted by Crippen LogP contribution is -2.40. The Morgan fingerprint density at radius 1 is 1.21 bits per heavy atom. The van der Waals surface area contributed by atoms with Gasteiger partial charge in [0.15, 0.2) is 17.6 Å². The van der Waals surface area contributed by atoms with Crippen LogP contribution in [-0.4, -0.2) is 43.2 Å². The number of hydrogen-bond acceptors (Lipinski definition) is 10. The standard InChI is InChI=1S/C25H22F3N7O2S/c1-13-9-36-20(32-13)10-37-19-8-31-21-17(34-19)4-5-30-22(21)33-14-2-3-16(28)15(6-14)25(12-27)18-7-24(18,11-26)38-23(29)35-25/h2-6,8-9,18H,7,10-12H2,1H3,(H2,29,35)(H,30,33)/t18-,24-,25-/m1/s1. The number of aryl methyl sites for hydroxylation is 1. The van der Waals surface area contributed by atoms with Crippen LogP contribution in [0.1, 0.15) is 23.6 Å². The van der Waals surface area contributed by atoms with E-state index in [9.17, 15) is 8.78 Å². The number of nitrogens with zero attached hydrogens (tertiary/aromatic N) is 5. The number of thioether (sulfide) groups is 1. The van der Waals surface area contributed by atoms with Crippen LogP contribution in [0.25, 0.3) is 11.0 Å². The van der Waals surface area contributed by atoms with Crippen molar-refractivity contribution in [2.75, 3.05) is 18.7 Å². The first-order valence-corrected chi connectivity index (χ1v) is 12.6. The number of amidine groups is 1. The Balaban J connectivity index is 1.29. The molecule has 38 heavy (non-hydrogen) atoms. The summed E-state index contributed by atoms with van der Waals surface area (Å²) in [5.41, 5.74) is 6.46. The van der Waals surface area contributed by atoms with Gasteiger partial charge in [0.05, 0.1) is 22.2 Å². The lowest BCUT2D eigenvalue weighted by molar-refractivity contribution is 0.253. The Kier molecular flexibility index (Phi) is 5.89. The van der Waals surface area contributed by atoms with Gasteiger partial charge in [-0.2, -0.15) is 0 Å². The fourth-order valence-corrected chi connectivity index (χ4v) is 6.16. The maximum Gasteiger partial charge on any atom is 0.233 e. The molecule has 4 heterocycles. The lowest BCUT2D eigenvalue weighted by atomic mass is 9.84. The second kappa shape index (κ2) is 9.15. The largest absolute Gasteiger partial charge is 0.467 e. The third-order valence-electron chi connectivity index (χ3n) is 6.79. The molecule has 1 saturated carbocycles. The summed E-state index contributed by atoms with van der Waals surface area (Å²) in [4.78, 5) is 21.7. The van der Waals surface area contributed by atoms with Crippen LogP contribution in [0.15, 0.2) is 52.3 Å². The van der Waals surface area contributed by atoms with Crippen molar-refractivity contribution in [1.29, 1.82) is 0 Å². The summed E-state index contributed by atoms with van der Waals surface area (Å²) < 4.78 is 53.6. The molecule has 2 aliphatic rings. The molecule has 3 N–H and O–H groups in total. The molecule has 9 nitrogen and oxygen atoms in total. The van der Waals surface area contributed by atoms with Crippen molar-refractivity contribution in [2.24, 2.45) is 16.6 Å². The number of oxazole rings is 1. The molecular weight excluding hydrogens is 519 g/mol. The van der Waals surface area contributed by atoms with Crippen molar-refractivity contribution < 1.29 is 22.3 Å². The van der Waals surface area contributed by atoms with Gasteiger partial charge in [0.1, 0.15) is 36.5 Å². The first-order chi connectivity index (χ1) is 18.4. The summed E-state index contributed by atoms with van der Waals surface area (Å²) in [5.74, 6) is -0.121. The zero-order valence-corrected chi connectivity index (χ0v) is 20.9. The smallest absolute Gasteiger partial charge is 0.233 e. The SMILES string of the molecule is Cc1coc(COc2cnc3c(Nc4ccc(F)c([C@@]5(CF)N=C(N)S[C@@]6(CF)C[C@H]65)c4)nccc3n2)n1. The fraction of sp³-hybridized carbons (Fsp3) is 0.320. The Morgan fingerprint density at radius 3 is 2.84 bits per heavy atom. The summed E-state index contributed by atoms with van der Waals surface area (Å²) >= 11 is 1.10. The zero-order valence-electron chi connectivity index (χ0n) is 20.1. The van der Waals surface area contributed by atoms with Crippen molar-refractivity contribution in [3.8, 4) is 5.88 Å². The van der Waals surface area contributed by atoms with E-state index < -0.39 is 35.4 Å². The normalized spacial score (nSPS) is 24.1. The van der Waals surface area contributed by atoms with Crippen molar-refractivity contribution in [1.82, 2.24) is 19.9 Å². The summed E-state index contributed by atoms with van der Waals surface area (Å²) in [6, 6.07) is 5.85. The number of nitrogens with two attached hydrogens (primary N) is 1. The molecule has 6 rings (SSSR count). The van der Waals surface area contributed by atoms with Crippen LogP contribution >= 0.6 is 11.8 Å². The molecule has 1 aromatic carbocycles. The molecule has 3 atom stereocenters. The van der Waals surface area contributed by atoms with Gasteiger partial charge >= 0.3 is 0 Å². The minimum absolute atomic E-state index is 0.0114. The molecule has 1 fully saturated rings. The molecule has 1 aliphatic heterocycles. The monoisotopic (exact) mass is 541 g/mol. The van der Waals surface area contributed by atoms with E-state index in [1.807, 2.05) is 6.92 Å². The van der Waals surface area contributed by atoms with E-state index in [1.165, 1.54) is 36.9 Å². The van der Waals surface area contributed by atoms with Crippen LogP contribution in [0.3, 0.4) is 0 Å². The first-order valence-electron chi connectivity index (χ1n) is 11.7. The predicted octanol–water partition coefficient (Wildman–Crippen LogP) is 4.74. The summed E-state index contributed by atoms with van der Waals surface area (Å²) in [6.45, 7) is 0.206. The number of rotatable bonds is 8. The minimum Gasteiger partial charge on any atom is -0.467 e. The van der Waals surface area contributed by atoms with Gasteiger partial charge in [0.25, 0.3) is 0 Å². The highest BCUT2D eigenvalue weighted by molar-refractivity contribution is 8.15. The van der Waals surface area contributed by atoms with Crippen molar-refractivity contribution in [2.45, 2.75) is 30.2 Å². The maximum atomic E-state index is 15.1. The summed E-state index contributed by atoms with van der Waals surface area (Å²) in [5, 5.41) is 3.16. The lowest BCUT2D eigenvalue weighted by Gasteiger charge is -2.34. The number of aliphatic imine (C=N–C) groups is 1. The van der Waals surface area contributed by atoms with Crippen LogP contribution < -0.4 is 15.8 Å². The molecule has 0 spiro atoms. The second-order valence-electron chi connectivity index (χ2n) is 9.29. The average Bonchev–Trinajstić information content (AvgIpc) is 3.52. The van der Waals surface area contributed by atoms with Gasteiger partial charge in [-0.25, -0.2) is 38.1 Å². The quantitative estimate of drug-likeness (QED) is 0.326. The Hall–Kier alpha value is -3.87. The van der Waals surface area contributed by atoms with Gasteiger partial charge < -0.3 is 20.2 Å². The fourth-order valence-electron chi connectivity index (χ4n) is 4.89. The average molecular weight is 542 g/mol. The Labute approximate surface area is 219 Å². The van der Waals surface area contributed by atoms with Crippen molar-refractivity contribution in [3.05, 3.63) is 65.9 Å². The van der Waals surface area contributed by atoms with Crippen LogP contribution in [0.5, 0.6) is 5.88 Å². The Bertz CT molecular complexity index is 1570. The predicted molar refractivity (Wildman–Crippen MR) is 136 cm³/mol. The van der Waals surface area contributed by atoms with E-state index in [2.05, 4.69) is 30.2 Å². The van der Waals surface area contributed by atoms with Gasteiger partial charge in [0, 0.05) is 23.4 Å². The zero-order chi connectivity index (χ0) is 26.5. The van der Waals surface area contributed by atoms with E-state index in [0.717, 1.165) is 17.5 Å². The van der Waals surface area contributed by atoms with Crippen molar-refractivity contribution >= 4 is 39.5 Å². The third kappa shape index (κ3) is 4.10. The van der Waals surface area contributed by atoms with Crippen molar-refractivity contribution in [3.63, 3.8) is 0 Å². The van der Waals surface area contributed by atoms with Gasteiger partial charge in [-0.15, -0.1) is 0 Å². The topological polar surface area (TPSA) is 124 Å². The number of alkyl halides is 2. The molecule has 1 aliphatic carbocycles. The number of ether oxygens (including phenoxy) is 1. The van der Waals surface area contributed by atoms with Gasteiger partial charge in [-0.3, -0.25) is 0 Å². The highest BCUT2D eigenvalue weighted by Crippen LogP contribution is 2.66. The highest BCUT2D eigenvalue weighted by atomic mass is 32.2. The number of benzene rings is 1. The molecule has 3 aromatic heterocycles. The van der Waals surface area contributed by atoms with Gasteiger partial charge in [-0.1, -0.05) is 11.8 Å². The van der Waals surface area contributed by atoms with E-state index in [0.29, 0.717) is 34.9 Å². The number of anilines is 2. The summed E-state index contributed by atoms with van der Waals surface area (Å²) in [7, 11) is 0. The van der Waals surface area contributed by atoms with E-state index in [1.54, 1.807) is 6.07 Å². The molecule has 0 saturated heterocycles. The number of hydrogen-bond donors (Lipinski definition) is 2. The second-order valence-corrected chi connectivity index (χ2v) is 10.7. The van der Waals surface area contributed by atoms with Crippen LogP contribution in [0.2, 0.25) is 0 Å². The highest BCUT2D eigenvalue weighted by Gasteiger charge is 2.68. The summed E-state index contributed by atoms with van der Waals surface area (Å²) in [6.07, 6.45) is 4.87. The number of aromatic nitrogens is 4.